The monoisotopic (exact) mass is 364 g/mol. The Balaban J connectivity index is 2.41. The third-order valence-electron chi connectivity index (χ3n) is 2.95. The number of carbonyl (C=O) groups excluding carboxylic acids is 3. The molecular formula is C14H12N4O6S. The van der Waals surface area contributed by atoms with Gasteiger partial charge in [-0.05, 0) is 23.8 Å². The van der Waals surface area contributed by atoms with E-state index in [4.69, 9.17) is 5.73 Å². The lowest BCUT2D eigenvalue weighted by Crippen LogP contribution is -2.25. The highest BCUT2D eigenvalue weighted by Gasteiger charge is 2.21. The molecule has 3 amide bonds. The molecule has 2 rings (SSSR count). The largest absolute Gasteiger partial charge is 0.412 e. The SMILES string of the molecule is CNC(=O)Nc1cc(-c2ccc([N+](=O)[O-])cc2)sc1C(=O)OC(N)=O. The van der Waals surface area contributed by atoms with Crippen molar-refractivity contribution in [1.82, 2.24) is 5.32 Å². The van der Waals surface area contributed by atoms with Crippen molar-refractivity contribution in [3.63, 3.8) is 0 Å². The summed E-state index contributed by atoms with van der Waals surface area (Å²) < 4.78 is 4.34. The maximum absolute atomic E-state index is 12.0. The minimum absolute atomic E-state index is 0.0456. The van der Waals surface area contributed by atoms with E-state index in [0.717, 1.165) is 11.3 Å². The minimum Gasteiger partial charge on any atom is -0.372 e. The molecule has 11 heteroatoms. The summed E-state index contributed by atoms with van der Waals surface area (Å²) in [5.41, 5.74) is 5.44. The lowest BCUT2D eigenvalue weighted by Gasteiger charge is -2.04. The minimum atomic E-state index is -1.28. The fourth-order valence-electron chi connectivity index (χ4n) is 1.85. The van der Waals surface area contributed by atoms with E-state index in [1.165, 1.54) is 37.4 Å². The number of non-ortho nitro benzene ring substituents is 1. The van der Waals surface area contributed by atoms with Crippen LogP contribution in [0.25, 0.3) is 10.4 Å². The molecule has 1 aromatic heterocycles. The molecule has 0 aliphatic carbocycles. The van der Waals surface area contributed by atoms with Gasteiger partial charge in [-0.25, -0.2) is 14.4 Å². The Bertz CT molecular complexity index is 846. The lowest BCUT2D eigenvalue weighted by molar-refractivity contribution is -0.384. The number of nitrogens with two attached hydrogens (primary N) is 1. The molecule has 0 fully saturated rings. The Labute approximate surface area is 144 Å². The van der Waals surface area contributed by atoms with E-state index < -0.39 is 23.0 Å². The summed E-state index contributed by atoms with van der Waals surface area (Å²) in [6.07, 6.45) is -1.28. The van der Waals surface area contributed by atoms with Crippen LogP contribution in [0.2, 0.25) is 0 Å². The van der Waals surface area contributed by atoms with Crippen molar-refractivity contribution in [2.24, 2.45) is 5.73 Å². The van der Waals surface area contributed by atoms with Crippen molar-refractivity contribution in [1.29, 1.82) is 0 Å². The first-order valence-electron chi connectivity index (χ1n) is 6.71. The number of hydrogen-bond acceptors (Lipinski definition) is 7. The number of nitrogens with zero attached hydrogens (tertiary/aromatic N) is 1. The van der Waals surface area contributed by atoms with Crippen molar-refractivity contribution in [3.8, 4) is 10.4 Å². The van der Waals surface area contributed by atoms with Crippen LogP contribution in [-0.4, -0.2) is 30.1 Å². The van der Waals surface area contributed by atoms with Gasteiger partial charge in [-0.1, -0.05) is 0 Å². The normalized spacial score (nSPS) is 9.96. The molecule has 0 aliphatic rings. The number of amides is 3. The summed E-state index contributed by atoms with van der Waals surface area (Å²) in [6, 6.07) is 6.51. The number of anilines is 1. The number of nitro benzene ring substituents is 1. The number of nitrogens with one attached hydrogen (secondary N) is 2. The smallest absolute Gasteiger partial charge is 0.372 e. The molecule has 0 atom stereocenters. The molecule has 130 valence electrons. The zero-order chi connectivity index (χ0) is 18.6. The van der Waals surface area contributed by atoms with Gasteiger partial charge in [0.2, 0.25) is 0 Å². The van der Waals surface area contributed by atoms with Gasteiger partial charge in [-0.3, -0.25) is 10.1 Å². The van der Waals surface area contributed by atoms with Gasteiger partial charge in [0.15, 0.2) is 0 Å². The van der Waals surface area contributed by atoms with E-state index in [2.05, 4.69) is 15.4 Å². The van der Waals surface area contributed by atoms with E-state index in [-0.39, 0.29) is 16.3 Å². The predicted molar refractivity (Wildman–Crippen MR) is 89.5 cm³/mol. The van der Waals surface area contributed by atoms with Crippen LogP contribution in [0.1, 0.15) is 9.67 Å². The summed E-state index contributed by atoms with van der Waals surface area (Å²) in [5, 5.41) is 15.5. The van der Waals surface area contributed by atoms with E-state index in [9.17, 15) is 24.5 Å². The van der Waals surface area contributed by atoms with Gasteiger partial charge in [0.05, 0.1) is 10.6 Å². The number of esters is 1. The average Bonchev–Trinajstić information content (AvgIpc) is 2.98. The van der Waals surface area contributed by atoms with Gasteiger partial charge < -0.3 is 21.1 Å². The molecule has 10 nitrogen and oxygen atoms in total. The maximum atomic E-state index is 12.0. The number of benzene rings is 1. The highest BCUT2D eigenvalue weighted by atomic mass is 32.1. The summed E-state index contributed by atoms with van der Waals surface area (Å²) in [6.45, 7) is 0. The number of rotatable bonds is 4. The van der Waals surface area contributed by atoms with Crippen LogP contribution in [0.5, 0.6) is 0 Å². The Hall–Kier alpha value is -3.47. The molecule has 4 N–H and O–H groups in total. The molecule has 0 bridgehead atoms. The Kier molecular flexibility index (Phi) is 5.29. The van der Waals surface area contributed by atoms with E-state index in [0.29, 0.717) is 10.4 Å². The Morgan fingerprint density at radius 2 is 1.88 bits per heavy atom. The molecule has 0 unspecified atom stereocenters. The van der Waals surface area contributed by atoms with Crippen LogP contribution in [0.3, 0.4) is 0 Å². The van der Waals surface area contributed by atoms with Crippen LogP contribution < -0.4 is 16.4 Å². The number of primary amides is 1. The first-order valence-corrected chi connectivity index (χ1v) is 7.52. The summed E-state index contributed by atoms with van der Waals surface area (Å²) in [4.78, 5) is 44.9. The number of ether oxygens (including phenoxy) is 1. The van der Waals surface area contributed by atoms with Gasteiger partial charge in [-0.15, -0.1) is 11.3 Å². The second kappa shape index (κ2) is 7.40. The van der Waals surface area contributed by atoms with E-state index >= 15 is 0 Å². The summed E-state index contributed by atoms with van der Waals surface area (Å²) in [7, 11) is 1.39. The predicted octanol–water partition coefficient (Wildman–Crippen LogP) is 2.31. The zero-order valence-electron chi connectivity index (χ0n) is 12.8. The fraction of sp³-hybridized carbons (Fsp3) is 0.0714. The molecule has 0 saturated heterocycles. The average molecular weight is 364 g/mol. The third-order valence-corrected chi connectivity index (χ3v) is 4.11. The van der Waals surface area contributed by atoms with Crippen molar-refractivity contribution in [2.75, 3.05) is 12.4 Å². The van der Waals surface area contributed by atoms with Gasteiger partial charge in [0, 0.05) is 24.1 Å². The Morgan fingerprint density at radius 3 is 2.40 bits per heavy atom. The summed E-state index contributed by atoms with van der Waals surface area (Å²) in [5.74, 6) is -1.02. The summed E-state index contributed by atoms with van der Waals surface area (Å²) >= 11 is 0.935. The van der Waals surface area contributed by atoms with Crippen molar-refractivity contribution < 1.29 is 24.0 Å². The van der Waals surface area contributed by atoms with Crippen molar-refractivity contribution in [3.05, 3.63) is 45.3 Å². The van der Waals surface area contributed by atoms with Gasteiger partial charge >= 0.3 is 18.1 Å². The molecule has 1 heterocycles. The number of hydrogen-bond donors (Lipinski definition) is 3. The fourth-order valence-corrected chi connectivity index (χ4v) is 2.84. The molecule has 0 spiro atoms. The first kappa shape index (κ1) is 17.9. The quantitative estimate of drug-likeness (QED) is 0.327. The van der Waals surface area contributed by atoms with Crippen LogP contribution in [0.15, 0.2) is 30.3 Å². The molecule has 1 aromatic carbocycles. The number of carbonyl (C=O) groups is 3. The topological polar surface area (TPSA) is 154 Å². The lowest BCUT2D eigenvalue weighted by atomic mass is 10.1. The van der Waals surface area contributed by atoms with Gasteiger partial charge in [0.1, 0.15) is 4.88 Å². The second-order valence-electron chi connectivity index (χ2n) is 4.57. The third kappa shape index (κ3) is 4.29. The van der Waals surface area contributed by atoms with Gasteiger partial charge in [-0.2, -0.15) is 0 Å². The first-order chi connectivity index (χ1) is 11.8. The zero-order valence-corrected chi connectivity index (χ0v) is 13.6. The van der Waals surface area contributed by atoms with Crippen LogP contribution >= 0.6 is 11.3 Å². The molecular weight excluding hydrogens is 352 g/mol. The highest BCUT2D eigenvalue weighted by molar-refractivity contribution is 7.18. The van der Waals surface area contributed by atoms with Crippen LogP contribution in [-0.2, 0) is 4.74 Å². The van der Waals surface area contributed by atoms with E-state index in [1.54, 1.807) is 0 Å². The molecule has 25 heavy (non-hydrogen) atoms. The highest BCUT2D eigenvalue weighted by Crippen LogP contribution is 2.36. The van der Waals surface area contributed by atoms with Crippen LogP contribution in [0.4, 0.5) is 21.0 Å². The second-order valence-corrected chi connectivity index (χ2v) is 5.62. The maximum Gasteiger partial charge on any atom is 0.412 e. The van der Waals surface area contributed by atoms with Crippen LogP contribution in [0, 0.1) is 10.1 Å². The standard InChI is InChI=1S/C14H12N4O6S/c1-16-14(21)17-9-6-10(25-11(9)12(19)24-13(15)20)7-2-4-8(5-3-7)18(22)23/h2-6H,1H3,(H2,15,20)(H2,16,17,21). The van der Waals surface area contributed by atoms with Gasteiger partial charge in [0.25, 0.3) is 5.69 Å². The number of nitro groups is 1. The molecule has 2 aromatic rings. The molecule has 0 saturated carbocycles. The van der Waals surface area contributed by atoms with E-state index in [1.807, 2.05) is 0 Å². The Morgan fingerprint density at radius 1 is 1.24 bits per heavy atom. The number of thiophene rings is 1. The van der Waals surface area contributed by atoms with Crippen molar-refractivity contribution in [2.45, 2.75) is 0 Å². The van der Waals surface area contributed by atoms with Crippen molar-refractivity contribution >= 4 is 40.8 Å². The molecule has 0 aliphatic heterocycles. The number of urea groups is 1. The molecule has 0 radical (unpaired) electrons.